The Kier molecular flexibility index (Phi) is 4.65. The van der Waals surface area contributed by atoms with Gasteiger partial charge in [-0.1, -0.05) is 38.1 Å². The van der Waals surface area contributed by atoms with Crippen molar-refractivity contribution in [2.75, 3.05) is 22.9 Å². The Balaban J connectivity index is 1.88. The van der Waals surface area contributed by atoms with E-state index in [0.717, 1.165) is 48.4 Å². The molecule has 3 rings (SSSR count). The van der Waals surface area contributed by atoms with Gasteiger partial charge in [0, 0.05) is 30.0 Å². The summed E-state index contributed by atoms with van der Waals surface area (Å²) in [6, 6.07) is 16.3. The summed E-state index contributed by atoms with van der Waals surface area (Å²) in [5, 5.41) is 0. The molecule has 0 unspecified atom stereocenters. The molecule has 2 aromatic rings. The van der Waals surface area contributed by atoms with Crippen molar-refractivity contribution in [3.63, 3.8) is 0 Å². The molecule has 0 bridgehead atoms. The molecule has 1 aliphatic heterocycles. The fraction of sp³-hybridized carbons (Fsp3) is 0.350. The zero-order chi connectivity index (χ0) is 16.2. The van der Waals surface area contributed by atoms with E-state index in [1.54, 1.807) is 0 Å². The minimum Gasteiger partial charge on any atom is -0.372 e. The molecular weight excluding hydrogens is 284 g/mol. The summed E-state index contributed by atoms with van der Waals surface area (Å²) < 4.78 is 0. The molecule has 3 heteroatoms. The van der Waals surface area contributed by atoms with E-state index in [2.05, 4.69) is 36.9 Å². The number of carbonyl (C=O) groups is 1. The van der Waals surface area contributed by atoms with Crippen molar-refractivity contribution < 1.29 is 4.79 Å². The Morgan fingerprint density at radius 1 is 1.00 bits per heavy atom. The van der Waals surface area contributed by atoms with Crippen LogP contribution in [-0.4, -0.2) is 19.0 Å². The van der Waals surface area contributed by atoms with E-state index in [1.165, 1.54) is 0 Å². The highest BCUT2D eigenvalue weighted by atomic mass is 16.2. The standard InChI is InChI=1S/C20H24N2O/c1-3-12-21(13-4-2)18-11-10-16-15-22(20(23)19(16)14-18)17-8-6-5-7-9-17/h5-11,14H,3-4,12-13,15H2,1-2H3. The summed E-state index contributed by atoms with van der Waals surface area (Å²) in [5.41, 5.74) is 4.10. The maximum absolute atomic E-state index is 12.8. The average molecular weight is 308 g/mol. The summed E-state index contributed by atoms with van der Waals surface area (Å²) in [6.45, 7) is 7.11. The largest absolute Gasteiger partial charge is 0.372 e. The third-order valence-corrected chi connectivity index (χ3v) is 4.32. The minimum atomic E-state index is 0.112. The fourth-order valence-corrected chi connectivity index (χ4v) is 3.21. The number of hydrogen-bond acceptors (Lipinski definition) is 2. The zero-order valence-corrected chi connectivity index (χ0v) is 14.0. The van der Waals surface area contributed by atoms with Gasteiger partial charge in [-0.25, -0.2) is 0 Å². The molecule has 0 spiro atoms. The highest BCUT2D eigenvalue weighted by Gasteiger charge is 2.28. The Bertz CT molecular complexity index is 675. The Morgan fingerprint density at radius 2 is 1.70 bits per heavy atom. The minimum absolute atomic E-state index is 0.112. The molecule has 0 N–H and O–H groups in total. The first-order valence-electron chi connectivity index (χ1n) is 8.49. The van der Waals surface area contributed by atoms with Crippen LogP contribution in [0, 0.1) is 0 Å². The first-order chi connectivity index (χ1) is 11.2. The molecule has 1 amide bonds. The molecule has 1 aliphatic rings. The number of carbonyl (C=O) groups excluding carboxylic acids is 1. The molecule has 1 heterocycles. The average Bonchev–Trinajstić information content (AvgIpc) is 2.92. The van der Waals surface area contributed by atoms with Gasteiger partial charge in [-0.2, -0.15) is 0 Å². The topological polar surface area (TPSA) is 23.6 Å². The number of anilines is 2. The predicted octanol–water partition coefficient (Wildman–Crippen LogP) is 4.47. The first-order valence-corrected chi connectivity index (χ1v) is 8.49. The number of rotatable bonds is 6. The number of para-hydroxylation sites is 1. The SMILES string of the molecule is CCCN(CCC)c1ccc2c(c1)C(=O)N(c1ccccc1)C2. The molecule has 3 nitrogen and oxygen atoms in total. The fourth-order valence-electron chi connectivity index (χ4n) is 3.21. The van der Waals surface area contributed by atoms with Crippen LogP contribution in [0.15, 0.2) is 48.5 Å². The van der Waals surface area contributed by atoms with Crippen molar-refractivity contribution in [2.24, 2.45) is 0 Å². The van der Waals surface area contributed by atoms with E-state index in [4.69, 9.17) is 0 Å². The number of amides is 1. The van der Waals surface area contributed by atoms with Crippen molar-refractivity contribution in [2.45, 2.75) is 33.2 Å². The lowest BCUT2D eigenvalue weighted by Gasteiger charge is -2.24. The highest BCUT2D eigenvalue weighted by molar-refractivity contribution is 6.10. The van der Waals surface area contributed by atoms with E-state index in [0.29, 0.717) is 6.54 Å². The molecule has 0 aromatic heterocycles. The molecule has 0 saturated heterocycles. The van der Waals surface area contributed by atoms with Crippen LogP contribution in [0.4, 0.5) is 11.4 Å². The lowest BCUT2D eigenvalue weighted by atomic mass is 10.1. The number of fused-ring (bicyclic) bond motifs is 1. The van der Waals surface area contributed by atoms with E-state index in [1.807, 2.05) is 35.2 Å². The van der Waals surface area contributed by atoms with Gasteiger partial charge in [-0.15, -0.1) is 0 Å². The molecule has 23 heavy (non-hydrogen) atoms. The second-order valence-corrected chi connectivity index (χ2v) is 6.06. The van der Waals surface area contributed by atoms with E-state index >= 15 is 0 Å². The summed E-state index contributed by atoms with van der Waals surface area (Å²) in [7, 11) is 0. The third kappa shape index (κ3) is 3.09. The van der Waals surface area contributed by atoms with Crippen LogP contribution in [0.5, 0.6) is 0 Å². The Morgan fingerprint density at radius 3 is 2.35 bits per heavy atom. The third-order valence-electron chi connectivity index (χ3n) is 4.32. The van der Waals surface area contributed by atoms with Crippen LogP contribution >= 0.6 is 0 Å². The second-order valence-electron chi connectivity index (χ2n) is 6.06. The maximum Gasteiger partial charge on any atom is 0.259 e. The van der Waals surface area contributed by atoms with Gasteiger partial charge in [-0.3, -0.25) is 4.79 Å². The summed E-state index contributed by atoms with van der Waals surface area (Å²) >= 11 is 0. The van der Waals surface area contributed by atoms with Crippen LogP contribution in [-0.2, 0) is 6.54 Å². The van der Waals surface area contributed by atoms with Crippen LogP contribution < -0.4 is 9.80 Å². The molecule has 0 aliphatic carbocycles. The molecule has 2 aromatic carbocycles. The highest BCUT2D eigenvalue weighted by Crippen LogP contribution is 2.31. The molecule has 120 valence electrons. The first kappa shape index (κ1) is 15.6. The van der Waals surface area contributed by atoms with Gasteiger partial charge in [0.1, 0.15) is 0 Å². The van der Waals surface area contributed by atoms with Gasteiger partial charge in [0.25, 0.3) is 5.91 Å². The van der Waals surface area contributed by atoms with Crippen molar-refractivity contribution in [1.29, 1.82) is 0 Å². The molecular formula is C20H24N2O. The lowest BCUT2D eigenvalue weighted by Crippen LogP contribution is -2.25. The van der Waals surface area contributed by atoms with Crippen LogP contribution in [0.25, 0.3) is 0 Å². The number of hydrogen-bond donors (Lipinski definition) is 0. The predicted molar refractivity (Wildman–Crippen MR) is 96.2 cm³/mol. The van der Waals surface area contributed by atoms with Crippen LogP contribution in [0.2, 0.25) is 0 Å². The van der Waals surface area contributed by atoms with Crippen molar-refractivity contribution >= 4 is 17.3 Å². The van der Waals surface area contributed by atoms with Crippen LogP contribution in [0.3, 0.4) is 0 Å². The van der Waals surface area contributed by atoms with Crippen molar-refractivity contribution in [1.82, 2.24) is 0 Å². The molecule has 0 radical (unpaired) electrons. The molecule has 0 atom stereocenters. The van der Waals surface area contributed by atoms with E-state index in [-0.39, 0.29) is 5.91 Å². The molecule has 0 fully saturated rings. The summed E-state index contributed by atoms with van der Waals surface area (Å²) in [4.78, 5) is 17.0. The Hall–Kier alpha value is -2.29. The van der Waals surface area contributed by atoms with Gasteiger partial charge >= 0.3 is 0 Å². The van der Waals surface area contributed by atoms with Gasteiger partial charge in [0.05, 0.1) is 6.54 Å². The number of benzene rings is 2. The van der Waals surface area contributed by atoms with Gasteiger partial charge in [-0.05, 0) is 42.7 Å². The summed E-state index contributed by atoms with van der Waals surface area (Å²) in [6.07, 6.45) is 2.22. The van der Waals surface area contributed by atoms with Gasteiger partial charge in [0.15, 0.2) is 0 Å². The monoisotopic (exact) mass is 308 g/mol. The zero-order valence-electron chi connectivity index (χ0n) is 14.0. The van der Waals surface area contributed by atoms with Crippen LogP contribution in [0.1, 0.15) is 42.6 Å². The Labute approximate surface area is 138 Å². The van der Waals surface area contributed by atoms with E-state index in [9.17, 15) is 4.79 Å². The lowest BCUT2D eigenvalue weighted by molar-refractivity contribution is 0.0996. The maximum atomic E-state index is 12.8. The van der Waals surface area contributed by atoms with Gasteiger partial charge < -0.3 is 9.80 Å². The molecule has 0 saturated carbocycles. The van der Waals surface area contributed by atoms with E-state index < -0.39 is 0 Å². The van der Waals surface area contributed by atoms with Crippen molar-refractivity contribution in [3.05, 3.63) is 59.7 Å². The quantitative estimate of drug-likeness (QED) is 0.786. The second kappa shape index (κ2) is 6.86. The normalized spacial score (nSPS) is 13.3. The summed E-state index contributed by atoms with van der Waals surface area (Å²) in [5.74, 6) is 0.112. The van der Waals surface area contributed by atoms with Crippen molar-refractivity contribution in [3.8, 4) is 0 Å². The van der Waals surface area contributed by atoms with Gasteiger partial charge in [0.2, 0.25) is 0 Å². The number of nitrogens with zero attached hydrogens (tertiary/aromatic N) is 2. The smallest absolute Gasteiger partial charge is 0.259 e.